The van der Waals surface area contributed by atoms with Gasteiger partial charge in [-0.3, -0.25) is 4.79 Å². The number of carbonyl (C=O) groups is 1. The molecule has 1 aromatic rings. The molecule has 0 aliphatic heterocycles. The fourth-order valence-corrected chi connectivity index (χ4v) is 0.654. The van der Waals surface area contributed by atoms with Crippen molar-refractivity contribution in [3.63, 3.8) is 0 Å². The van der Waals surface area contributed by atoms with Gasteiger partial charge in [-0.25, -0.2) is 0 Å². The summed E-state index contributed by atoms with van der Waals surface area (Å²) in [4.78, 5) is 10.2. The standard InChI is InChI=1S/C9H5NO2/c10-6-2-1-3-8-4-5-9(7-11)12-8/h4-5,7H,2H2. The van der Waals surface area contributed by atoms with E-state index >= 15 is 0 Å². The molecule has 3 nitrogen and oxygen atoms in total. The van der Waals surface area contributed by atoms with E-state index in [2.05, 4.69) is 11.8 Å². The molecule has 0 radical (unpaired) electrons. The zero-order valence-corrected chi connectivity index (χ0v) is 6.20. The molecule has 0 aromatic carbocycles. The maximum absolute atomic E-state index is 10.2. The minimum atomic E-state index is 0.164. The molecule has 0 atom stereocenters. The Kier molecular flexibility index (Phi) is 2.70. The molecule has 0 saturated carbocycles. The molecule has 0 aliphatic carbocycles. The smallest absolute Gasteiger partial charge is 0.185 e. The number of furan rings is 1. The van der Waals surface area contributed by atoms with Crippen LogP contribution in [0, 0.1) is 23.2 Å². The van der Waals surface area contributed by atoms with Crippen molar-refractivity contribution in [3.05, 3.63) is 23.7 Å². The average Bonchev–Trinajstić information content (AvgIpc) is 2.53. The van der Waals surface area contributed by atoms with Gasteiger partial charge < -0.3 is 4.42 Å². The maximum Gasteiger partial charge on any atom is 0.185 e. The largest absolute Gasteiger partial charge is 0.445 e. The molecule has 0 saturated heterocycles. The van der Waals surface area contributed by atoms with Crippen LogP contribution in [0.1, 0.15) is 22.7 Å². The van der Waals surface area contributed by atoms with E-state index in [0.717, 1.165) is 0 Å². The minimum Gasteiger partial charge on any atom is -0.445 e. The predicted molar refractivity (Wildman–Crippen MR) is 41.2 cm³/mol. The molecule has 0 N–H and O–H groups in total. The van der Waals surface area contributed by atoms with Crippen LogP contribution in [0.25, 0.3) is 0 Å². The number of nitriles is 1. The molecule has 58 valence electrons. The number of hydrogen-bond acceptors (Lipinski definition) is 3. The molecule has 1 aromatic heterocycles. The van der Waals surface area contributed by atoms with E-state index in [-0.39, 0.29) is 12.2 Å². The summed E-state index contributed by atoms with van der Waals surface area (Å²) >= 11 is 0. The van der Waals surface area contributed by atoms with Crippen molar-refractivity contribution in [2.45, 2.75) is 6.42 Å². The summed E-state index contributed by atoms with van der Waals surface area (Å²) in [7, 11) is 0. The van der Waals surface area contributed by atoms with E-state index in [0.29, 0.717) is 12.0 Å². The molecule has 0 spiro atoms. The van der Waals surface area contributed by atoms with Crippen molar-refractivity contribution in [1.29, 1.82) is 5.26 Å². The minimum absolute atomic E-state index is 0.164. The van der Waals surface area contributed by atoms with E-state index in [1.807, 2.05) is 6.07 Å². The Morgan fingerprint density at radius 3 is 3.00 bits per heavy atom. The van der Waals surface area contributed by atoms with Gasteiger partial charge in [0.25, 0.3) is 0 Å². The molecular weight excluding hydrogens is 154 g/mol. The summed E-state index contributed by atoms with van der Waals surface area (Å²) in [5.41, 5.74) is 0. The van der Waals surface area contributed by atoms with Crippen molar-refractivity contribution in [2.75, 3.05) is 0 Å². The Bertz CT molecular complexity index is 373. The van der Waals surface area contributed by atoms with Gasteiger partial charge in [-0.1, -0.05) is 5.92 Å². The number of nitrogens with zero attached hydrogens (tertiary/aromatic N) is 1. The van der Waals surface area contributed by atoms with Crippen molar-refractivity contribution in [1.82, 2.24) is 0 Å². The van der Waals surface area contributed by atoms with Crippen molar-refractivity contribution in [2.24, 2.45) is 0 Å². The van der Waals surface area contributed by atoms with Crippen molar-refractivity contribution < 1.29 is 9.21 Å². The lowest BCUT2D eigenvalue weighted by Crippen LogP contribution is -1.68. The van der Waals surface area contributed by atoms with E-state index in [4.69, 9.17) is 9.68 Å². The Morgan fingerprint density at radius 1 is 1.58 bits per heavy atom. The number of carbonyl (C=O) groups excluding carboxylic acids is 1. The van der Waals surface area contributed by atoms with Crippen LogP contribution in [0.4, 0.5) is 0 Å². The van der Waals surface area contributed by atoms with Crippen LogP contribution in [0.5, 0.6) is 0 Å². The summed E-state index contributed by atoms with van der Waals surface area (Å²) in [6.45, 7) is 0. The van der Waals surface area contributed by atoms with Gasteiger partial charge in [0.05, 0.1) is 12.5 Å². The fourth-order valence-electron chi connectivity index (χ4n) is 0.654. The first-order valence-electron chi connectivity index (χ1n) is 3.27. The maximum atomic E-state index is 10.2. The lowest BCUT2D eigenvalue weighted by Gasteiger charge is -1.77. The van der Waals surface area contributed by atoms with Crippen LogP contribution in [0.3, 0.4) is 0 Å². The Morgan fingerprint density at radius 2 is 2.42 bits per heavy atom. The summed E-state index contributed by atoms with van der Waals surface area (Å²) in [5.74, 6) is 5.83. The number of rotatable bonds is 1. The normalized spacial score (nSPS) is 7.92. The highest BCUT2D eigenvalue weighted by molar-refractivity contribution is 5.70. The monoisotopic (exact) mass is 159 g/mol. The number of hydrogen-bond donors (Lipinski definition) is 0. The van der Waals surface area contributed by atoms with Gasteiger partial charge in [0.1, 0.15) is 0 Å². The first-order valence-corrected chi connectivity index (χ1v) is 3.27. The molecule has 0 fully saturated rings. The van der Waals surface area contributed by atoms with E-state index < -0.39 is 0 Å². The zero-order chi connectivity index (χ0) is 8.81. The lowest BCUT2D eigenvalue weighted by molar-refractivity contribution is 0.110. The van der Waals surface area contributed by atoms with Gasteiger partial charge in [0, 0.05) is 0 Å². The quantitative estimate of drug-likeness (QED) is 0.459. The summed E-state index contributed by atoms with van der Waals surface area (Å²) in [6, 6.07) is 5.00. The van der Waals surface area contributed by atoms with Gasteiger partial charge in [-0.2, -0.15) is 5.26 Å². The first kappa shape index (κ1) is 8.10. The zero-order valence-electron chi connectivity index (χ0n) is 6.20. The molecule has 0 aliphatic rings. The van der Waals surface area contributed by atoms with Gasteiger partial charge in [-0.05, 0) is 18.1 Å². The summed E-state index contributed by atoms with van der Waals surface area (Å²) < 4.78 is 4.93. The Hall–Kier alpha value is -2.00. The first-order chi connectivity index (χ1) is 5.86. The molecule has 12 heavy (non-hydrogen) atoms. The molecule has 0 unspecified atom stereocenters. The molecule has 1 heterocycles. The van der Waals surface area contributed by atoms with Crippen molar-refractivity contribution in [3.8, 4) is 17.9 Å². The highest BCUT2D eigenvalue weighted by Crippen LogP contribution is 2.03. The van der Waals surface area contributed by atoms with Gasteiger partial charge in [-0.15, -0.1) is 0 Å². The second kappa shape index (κ2) is 4.00. The van der Waals surface area contributed by atoms with Gasteiger partial charge in [0.15, 0.2) is 17.8 Å². The van der Waals surface area contributed by atoms with Gasteiger partial charge in [0.2, 0.25) is 0 Å². The average molecular weight is 159 g/mol. The number of aldehydes is 1. The van der Waals surface area contributed by atoms with Crippen LogP contribution < -0.4 is 0 Å². The SMILES string of the molecule is N#CCC#Cc1ccc(C=O)o1. The third kappa shape index (κ3) is 2.00. The highest BCUT2D eigenvalue weighted by atomic mass is 16.3. The summed E-state index contributed by atoms with van der Waals surface area (Å²) in [5, 5.41) is 8.16. The second-order valence-electron chi connectivity index (χ2n) is 1.96. The highest BCUT2D eigenvalue weighted by Gasteiger charge is 1.95. The third-order valence-electron chi connectivity index (χ3n) is 1.12. The predicted octanol–water partition coefficient (Wildman–Crippen LogP) is 1.36. The topological polar surface area (TPSA) is 54.0 Å². The lowest BCUT2D eigenvalue weighted by atomic mass is 10.4. The molecule has 0 bridgehead atoms. The molecule has 3 heteroatoms. The van der Waals surface area contributed by atoms with E-state index in [1.165, 1.54) is 6.07 Å². The van der Waals surface area contributed by atoms with Crippen LogP contribution in [0.2, 0.25) is 0 Å². The molecule has 1 rings (SSSR count). The fraction of sp³-hybridized carbons (Fsp3) is 0.111. The third-order valence-corrected chi connectivity index (χ3v) is 1.12. The van der Waals surface area contributed by atoms with Gasteiger partial charge >= 0.3 is 0 Å². The second-order valence-corrected chi connectivity index (χ2v) is 1.96. The molecular formula is C9H5NO2. The van der Waals surface area contributed by atoms with Crippen LogP contribution in [-0.2, 0) is 0 Å². The van der Waals surface area contributed by atoms with E-state index in [1.54, 1.807) is 6.07 Å². The summed E-state index contributed by atoms with van der Waals surface area (Å²) in [6.07, 6.45) is 0.770. The van der Waals surface area contributed by atoms with Crippen LogP contribution >= 0.6 is 0 Å². The van der Waals surface area contributed by atoms with Crippen LogP contribution in [-0.4, -0.2) is 6.29 Å². The Balaban J connectivity index is 2.73. The van der Waals surface area contributed by atoms with Crippen molar-refractivity contribution >= 4 is 6.29 Å². The molecule has 0 amide bonds. The Labute approximate surface area is 69.6 Å². The van der Waals surface area contributed by atoms with E-state index in [9.17, 15) is 4.79 Å². The van der Waals surface area contributed by atoms with Crippen LogP contribution in [0.15, 0.2) is 16.5 Å².